The first-order chi connectivity index (χ1) is 13.9. The van der Waals surface area contributed by atoms with E-state index in [1.54, 1.807) is 30.3 Å². The highest BCUT2D eigenvalue weighted by atomic mass is 32.2. The molecular formula is C22H26N2O4S. The van der Waals surface area contributed by atoms with Crippen LogP contribution >= 0.6 is 0 Å². The molecule has 29 heavy (non-hydrogen) atoms. The third kappa shape index (κ3) is 4.10. The van der Waals surface area contributed by atoms with E-state index >= 15 is 0 Å². The van der Waals surface area contributed by atoms with Gasteiger partial charge in [0.2, 0.25) is 0 Å². The summed E-state index contributed by atoms with van der Waals surface area (Å²) in [6.07, 6.45) is 4.74. The van der Waals surface area contributed by atoms with Gasteiger partial charge in [-0.15, -0.1) is 0 Å². The number of nitrogens with one attached hydrogen (secondary N) is 2. The Labute approximate surface area is 171 Å². The van der Waals surface area contributed by atoms with E-state index in [9.17, 15) is 13.2 Å². The highest BCUT2D eigenvalue weighted by Gasteiger charge is 2.40. The van der Waals surface area contributed by atoms with Crippen LogP contribution in [-0.4, -0.2) is 27.5 Å². The van der Waals surface area contributed by atoms with Crippen molar-refractivity contribution in [3.05, 3.63) is 53.6 Å². The molecule has 2 saturated carbocycles. The second-order valence-electron chi connectivity index (χ2n) is 8.07. The first kappa shape index (κ1) is 19.8. The number of carbonyl (C=O) groups is 1. The molecule has 2 aliphatic rings. The van der Waals surface area contributed by atoms with E-state index in [2.05, 4.69) is 10.0 Å². The highest BCUT2D eigenvalue weighted by molar-refractivity contribution is 7.92. The minimum absolute atomic E-state index is 0.134. The Morgan fingerprint density at radius 1 is 1.07 bits per heavy atom. The average Bonchev–Trinajstić information content (AvgIpc) is 3.32. The summed E-state index contributed by atoms with van der Waals surface area (Å²) < 4.78 is 33.2. The molecule has 6 nitrogen and oxygen atoms in total. The molecule has 2 aromatic rings. The summed E-state index contributed by atoms with van der Waals surface area (Å²) >= 11 is 0. The van der Waals surface area contributed by atoms with Crippen LogP contribution in [0, 0.1) is 18.8 Å². The summed E-state index contributed by atoms with van der Waals surface area (Å²) in [6.45, 7) is 1.81. The van der Waals surface area contributed by atoms with E-state index < -0.39 is 10.0 Å². The Kier molecular flexibility index (Phi) is 5.25. The highest BCUT2D eigenvalue weighted by Crippen LogP contribution is 2.44. The van der Waals surface area contributed by atoms with Crippen LogP contribution in [-0.2, 0) is 10.0 Å². The van der Waals surface area contributed by atoms with E-state index in [1.807, 2.05) is 6.92 Å². The van der Waals surface area contributed by atoms with Crippen molar-refractivity contribution in [2.24, 2.45) is 11.8 Å². The zero-order valence-electron chi connectivity index (χ0n) is 16.6. The van der Waals surface area contributed by atoms with Crippen LogP contribution in [0.1, 0.15) is 41.6 Å². The van der Waals surface area contributed by atoms with E-state index in [1.165, 1.54) is 38.5 Å². The smallest absolute Gasteiger partial charge is 0.261 e. The molecule has 0 saturated heterocycles. The molecule has 2 bridgehead atoms. The molecule has 3 atom stereocenters. The van der Waals surface area contributed by atoms with Crippen molar-refractivity contribution < 1.29 is 17.9 Å². The molecule has 0 heterocycles. The zero-order chi connectivity index (χ0) is 20.6. The minimum atomic E-state index is -3.77. The number of ether oxygens (including phenoxy) is 1. The summed E-state index contributed by atoms with van der Waals surface area (Å²) in [5.74, 6) is 1.77. The van der Waals surface area contributed by atoms with Gasteiger partial charge in [-0.2, -0.15) is 0 Å². The predicted octanol–water partition coefficient (Wildman–Crippen LogP) is 3.72. The number of aryl methyl sites for hydroxylation is 1. The van der Waals surface area contributed by atoms with Crippen molar-refractivity contribution in [3.63, 3.8) is 0 Å². The summed E-state index contributed by atoms with van der Waals surface area (Å²) in [5.41, 5.74) is 1.62. The number of fused-ring (bicyclic) bond motifs is 2. The molecule has 2 N–H and O–H groups in total. The summed E-state index contributed by atoms with van der Waals surface area (Å²) in [6, 6.07) is 11.5. The number of hydrogen-bond acceptors (Lipinski definition) is 4. The number of amides is 1. The van der Waals surface area contributed by atoms with Gasteiger partial charge in [-0.05, 0) is 80.0 Å². The fraction of sp³-hybridized carbons (Fsp3) is 0.409. The lowest BCUT2D eigenvalue weighted by Crippen LogP contribution is -2.38. The second kappa shape index (κ2) is 7.71. The van der Waals surface area contributed by atoms with Crippen molar-refractivity contribution >= 4 is 21.6 Å². The molecule has 2 aliphatic carbocycles. The standard InChI is InChI=1S/C22H26N2O4S/c1-14-3-5-17(22(25)23-21-12-15-4-6-16(21)11-15)13-20(14)24-29(26,27)19-9-7-18(28-2)8-10-19/h3,5,7-10,13,15-16,21,24H,4,6,11-12H2,1-2H3,(H,23,25)/t15-,16+,21-/m0/s1. The number of sulfonamides is 1. The van der Waals surface area contributed by atoms with Gasteiger partial charge in [-0.3, -0.25) is 9.52 Å². The van der Waals surface area contributed by atoms with Gasteiger partial charge in [0.1, 0.15) is 5.75 Å². The van der Waals surface area contributed by atoms with Gasteiger partial charge in [0.05, 0.1) is 17.7 Å². The predicted molar refractivity (Wildman–Crippen MR) is 112 cm³/mol. The fourth-order valence-electron chi connectivity index (χ4n) is 4.50. The maximum Gasteiger partial charge on any atom is 0.261 e. The van der Waals surface area contributed by atoms with Crippen LogP contribution in [0.5, 0.6) is 5.75 Å². The normalized spacial score (nSPS) is 23.0. The Morgan fingerprint density at radius 2 is 1.83 bits per heavy atom. The summed E-state index contributed by atoms with van der Waals surface area (Å²) in [5, 5.41) is 3.15. The van der Waals surface area contributed by atoms with Crippen LogP contribution in [0.2, 0.25) is 0 Å². The Morgan fingerprint density at radius 3 is 2.45 bits per heavy atom. The topological polar surface area (TPSA) is 84.5 Å². The third-order valence-corrected chi connectivity index (χ3v) is 7.55. The Bertz CT molecular complexity index is 1020. The lowest BCUT2D eigenvalue weighted by Gasteiger charge is -2.23. The van der Waals surface area contributed by atoms with E-state index in [-0.39, 0.29) is 16.8 Å². The maximum atomic E-state index is 12.7. The summed E-state index contributed by atoms with van der Waals surface area (Å²) in [7, 11) is -2.24. The molecule has 0 unspecified atom stereocenters. The molecule has 7 heteroatoms. The molecule has 0 aliphatic heterocycles. The first-order valence-electron chi connectivity index (χ1n) is 9.94. The molecule has 4 rings (SSSR count). The van der Waals surface area contributed by atoms with Crippen molar-refractivity contribution in [2.45, 2.75) is 43.5 Å². The number of hydrogen-bond donors (Lipinski definition) is 2. The number of rotatable bonds is 6. The van der Waals surface area contributed by atoms with Crippen LogP contribution in [0.25, 0.3) is 0 Å². The number of methoxy groups -OCH3 is 1. The van der Waals surface area contributed by atoms with Crippen molar-refractivity contribution in [2.75, 3.05) is 11.8 Å². The van der Waals surface area contributed by atoms with Gasteiger partial charge < -0.3 is 10.1 Å². The van der Waals surface area contributed by atoms with Crippen LogP contribution < -0.4 is 14.8 Å². The molecule has 1 amide bonds. The average molecular weight is 415 g/mol. The van der Waals surface area contributed by atoms with Crippen LogP contribution in [0.3, 0.4) is 0 Å². The van der Waals surface area contributed by atoms with Crippen molar-refractivity contribution in [3.8, 4) is 5.75 Å². The van der Waals surface area contributed by atoms with Crippen molar-refractivity contribution in [1.82, 2.24) is 5.32 Å². The second-order valence-corrected chi connectivity index (χ2v) is 9.75. The molecule has 2 fully saturated rings. The zero-order valence-corrected chi connectivity index (χ0v) is 17.5. The van der Waals surface area contributed by atoms with Gasteiger partial charge in [0.25, 0.3) is 15.9 Å². The monoisotopic (exact) mass is 414 g/mol. The molecule has 154 valence electrons. The van der Waals surface area contributed by atoms with Crippen LogP contribution in [0.15, 0.2) is 47.4 Å². The first-order valence-corrected chi connectivity index (χ1v) is 11.4. The summed E-state index contributed by atoms with van der Waals surface area (Å²) in [4.78, 5) is 12.9. The molecule has 0 spiro atoms. The maximum absolute atomic E-state index is 12.7. The van der Waals surface area contributed by atoms with Gasteiger partial charge in [-0.1, -0.05) is 12.5 Å². The third-order valence-electron chi connectivity index (χ3n) is 6.17. The molecule has 2 aromatic carbocycles. The molecular weight excluding hydrogens is 388 g/mol. The minimum Gasteiger partial charge on any atom is -0.497 e. The number of benzene rings is 2. The molecule has 0 aromatic heterocycles. The van der Waals surface area contributed by atoms with E-state index in [0.717, 1.165) is 17.9 Å². The molecule has 0 radical (unpaired) electrons. The van der Waals surface area contributed by atoms with Crippen LogP contribution in [0.4, 0.5) is 5.69 Å². The van der Waals surface area contributed by atoms with Crippen molar-refractivity contribution in [1.29, 1.82) is 0 Å². The number of anilines is 1. The lowest BCUT2D eigenvalue weighted by molar-refractivity contribution is 0.0923. The van der Waals surface area contributed by atoms with Gasteiger partial charge in [0.15, 0.2) is 0 Å². The Balaban J connectivity index is 1.51. The SMILES string of the molecule is COc1ccc(S(=O)(=O)Nc2cc(C(=O)N[C@H]3C[C@H]4CC[C@@H]3C4)ccc2C)cc1. The van der Waals surface area contributed by atoms with Gasteiger partial charge in [-0.25, -0.2) is 8.42 Å². The lowest BCUT2D eigenvalue weighted by atomic mass is 9.95. The van der Waals surface area contributed by atoms with Gasteiger partial charge in [0, 0.05) is 11.6 Å². The number of carbonyl (C=O) groups excluding carboxylic acids is 1. The van der Waals surface area contributed by atoms with Gasteiger partial charge >= 0.3 is 0 Å². The van der Waals surface area contributed by atoms with E-state index in [4.69, 9.17) is 4.74 Å². The quantitative estimate of drug-likeness (QED) is 0.754. The fourth-order valence-corrected chi connectivity index (χ4v) is 5.63. The van der Waals surface area contributed by atoms with E-state index in [0.29, 0.717) is 22.9 Å². The Hall–Kier alpha value is -2.54. The largest absolute Gasteiger partial charge is 0.497 e.